The second-order valence-corrected chi connectivity index (χ2v) is 8.43. The van der Waals surface area contributed by atoms with Crippen LogP contribution in [0.4, 0.5) is 4.39 Å². The number of benzene rings is 2. The molecule has 2 aromatic rings. The van der Waals surface area contributed by atoms with Crippen LogP contribution in [-0.2, 0) is 4.74 Å². The highest BCUT2D eigenvalue weighted by Crippen LogP contribution is 2.37. The van der Waals surface area contributed by atoms with Gasteiger partial charge in [-0.3, -0.25) is 0 Å². The summed E-state index contributed by atoms with van der Waals surface area (Å²) in [4.78, 5) is 2.50. The molecule has 5 rings (SSSR count). The van der Waals surface area contributed by atoms with Gasteiger partial charge in [-0.25, -0.2) is 4.39 Å². The summed E-state index contributed by atoms with van der Waals surface area (Å²) in [7, 11) is 0. The average Bonchev–Trinajstić information content (AvgIpc) is 3.44. The summed E-state index contributed by atoms with van der Waals surface area (Å²) in [6, 6.07) is 12.7. The van der Waals surface area contributed by atoms with E-state index in [1.807, 2.05) is 30.3 Å². The summed E-state index contributed by atoms with van der Waals surface area (Å²) in [5, 5.41) is 0. The van der Waals surface area contributed by atoms with Gasteiger partial charge >= 0.3 is 0 Å². The average molecular weight is 413 g/mol. The molecular formula is C24H28FNO4. The normalized spacial score (nSPS) is 26.1. The fraction of sp³-hybridized carbons (Fsp3) is 0.500. The second kappa shape index (κ2) is 8.82. The summed E-state index contributed by atoms with van der Waals surface area (Å²) in [6.07, 6.45) is 3.69. The Labute approximate surface area is 176 Å². The van der Waals surface area contributed by atoms with Crippen molar-refractivity contribution in [3.63, 3.8) is 0 Å². The zero-order valence-electron chi connectivity index (χ0n) is 17.1. The summed E-state index contributed by atoms with van der Waals surface area (Å²) >= 11 is 0. The number of nitrogens with zero attached hydrogens (tertiary/aromatic N) is 1. The molecule has 3 aliphatic rings. The highest BCUT2D eigenvalue weighted by molar-refractivity contribution is 5.46. The molecule has 3 aliphatic heterocycles. The van der Waals surface area contributed by atoms with E-state index in [1.165, 1.54) is 5.56 Å². The Morgan fingerprint density at radius 2 is 1.90 bits per heavy atom. The fourth-order valence-corrected chi connectivity index (χ4v) is 4.84. The number of hydrogen-bond donors (Lipinski definition) is 0. The third kappa shape index (κ3) is 4.40. The SMILES string of the molecule is Fc1ccc([C@H]2CCN(CC3CCCO3)C[C@@H]2COc2ccc3c(c2)OCO3)cc1. The van der Waals surface area contributed by atoms with Gasteiger partial charge in [-0.05, 0) is 61.6 Å². The lowest BCUT2D eigenvalue weighted by Gasteiger charge is -2.39. The fourth-order valence-electron chi connectivity index (χ4n) is 4.84. The van der Waals surface area contributed by atoms with Crippen molar-refractivity contribution in [1.82, 2.24) is 4.90 Å². The standard InChI is InChI=1S/C24H28FNO4/c25-19-5-3-17(4-6-19)22-9-10-26(14-21-2-1-11-27-21)13-18(22)15-28-20-7-8-23-24(12-20)30-16-29-23/h3-8,12,18,21-22H,1-2,9-11,13-16H2/t18-,21?,22-/m1/s1. The van der Waals surface area contributed by atoms with E-state index in [-0.39, 0.29) is 12.6 Å². The van der Waals surface area contributed by atoms with Crippen molar-refractivity contribution in [2.75, 3.05) is 39.6 Å². The van der Waals surface area contributed by atoms with Gasteiger partial charge in [0.15, 0.2) is 11.5 Å². The molecule has 0 saturated carbocycles. The summed E-state index contributed by atoms with van der Waals surface area (Å²) in [5.74, 6) is 2.74. The van der Waals surface area contributed by atoms with Crippen LogP contribution in [0.15, 0.2) is 42.5 Å². The summed E-state index contributed by atoms with van der Waals surface area (Å²) in [6.45, 7) is 4.70. The lowest BCUT2D eigenvalue weighted by atomic mass is 9.80. The number of likely N-dealkylation sites (tertiary alicyclic amines) is 1. The predicted octanol–water partition coefficient (Wildman–Crippen LogP) is 4.22. The third-order valence-electron chi connectivity index (χ3n) is 6.41. The van der Waals surface area contributed by atoms with Crippen molar-refractivity contribution in [3.05, 3.63) is 53.8 Å². The highest BCUT2D eigenvalue weighted by Gasteiger charge is 2.32. The zero-order chi connectivity index (χ0) is 20.3. The Morgan fingerprint density at radius 1 is 1.03 bits per heavy atom. The molecule has 160 valence electrons. The maximum Gasteiger partial charge on any atom is 0.231 e. The maximum absolute atomic E-state index is 13.4. The molecular weight excluding hydrogens is 385 g/mol. The smallest absolute Gasteiger partial charge is 0.231 e. The first-order valence-corrected chi connectivity index (χ1v) is 10.9. The van der Waals surface area contributed by atoms with Crippen molar-refractivity contribution >= 4 is 0 Å². The van der Waals surface area contributed by atoms with E-state index in [9.17, 15) is 4.39 Å². The van der Waals surface area contributed by atoms with Crippen LogP contribution < -0.4 is 14.2 Å². The van der Waals surface area contributed by atoms with Crippen LogP contribution in [0.5, 0.6) is 17.2 Å². The van der Waals surface area contributed by atoms with Crippen LogP contribution in [-0.4, -0.2) is 50.6 Å². The van der Waals surface area contributed by atoms with Crippen molar-refractivity contribution < 1.29 is 23.3 Å². The van der Waals surface area contributed by atoms with E-state index >= 15 is 0 Å². The maximum atomic E-state index is 13.4. The first-order chi connectivity index (χ1) is 14.7. The van der Waals surface area contributed by atoms with Gasteiger partial charge < -0.3 is 23.8 Å². The molecule has 0 aliphatic carbocycles. The number of rotatable bonds is 6. The monoisotopic (exact) mass is 413 g/mol. The Hall–Kier alpha value is -2.31. The van der Waals surface area contributed by atoms with Crippen molar-refractivity contribution in [1.29, 1.82) is 0 Å². The predicted molar refractivity (Wildman–Crippen MR) is 111 cm³/mol. The van der Waals surface area contributed by atoms with Crippen molar-refractivity contribution in [2.24, 2.45) is 5.92 Å². The molecule has 0 aromatic heterocycles. The van der Waals surface area contributed by atoms with Crippen molar-refractivity contribution in [3.8, 4) is 17.2 Å². The summed E-state index contributed by atoms with van der Waals surface area (Å²) in [5.41, 5.74) is 1.19. The number of halogens is 1. The summed E-state index contributed by atoms with van der Waals surface area (Å²) < 4.78 is 36.3. The number of fused-ring (bicyclic) bond motifs is 1. The van der Waals surface area contributed by atoms with Crippen LogP contribution in [0.1, 0.15) is 30.7 Å². The van der Waals surface area contributed by atoms with Gasteiger partial charge in [-0.2, -0.15) is 0 Å². The van der Waals surface area contributed by atoms with E-state index in [1.54, 1.807) is 12.1 Å². The molecule has 30 heavy (non-hydrogen) atoms. The molecule has 0 N–H and O–H groups in total. The van der Waals surface area contributed by atoms with E-state index in [4.69, 9.17) is 18.9 Å². The molecule has 0 bridgehead atoms. The molecule has 2 aromatic carbocycles. The topological polar surface area (TPSA) is 40.2 Å². The minimum absolute atomic E-state index is 0.192. The van der Waals surface area contributed by atoms with E-state index < -0.39 is 0 Å². The van der Waals surface area contributed by atoms with Crippen LogP contribution in [0.25, 0.3) is 0 Å². The Balaban J connectivity index is 1.28. The molecule has 6 heteroatoms. The first kappa shape index (κ1) is 19.6. The molecule has 3 heterocycles. The molecule has 0 radical (unpaired) electrons. The lowest BCUT2D eigenvalue weighted by molar-refractivity contribution is 0.0431. The lowest BCUT2D eigenvalue weighted by Crippen LogP contribution is -2.44. The minimum atomic E-state index is -0.192. The quantitative estimate of drug-likeness (QED) is 0.709. The number of hydrogen-bond acceptors (Lipinski definition) is 5. The van der Waals surface area contributed by atoms with Crippen LogP contribution in [0, 0.1) is 11.7 Å². The molecule has 3 atom stereocenters. The molecule has 0 amide bonds. The Morgan fingerprint density at radius 3 is 2.73 bits per heavy atom. The van der Waals surface area contributed by atoms with Crippen LogP contribution >= 0.6 is 0 Å². The zero-order valence-corrected chi connectivity index (χ0v) is 17.1. The first-order valence-electron chi connectivity index (χ1n) is 10.9. The van der Waals surface area contributed by atoms with Crippen LogP contribution in [0.3, 0.4) is 0 Å². The Bertz CT molecular complexity index is 853. The van der Waals surface area contributed by atoms with E-state index in [0.717, 1.165) is 62.8 Å². The van der Waals surface area contributed by atoms with Crippen molar-refractivity contribution in [2.45, 2.75) is 31.3 Å². The van der Waals surface area contributed by atoms with Gasteiger partial charge in [0.2, 0.25) is 6.79 Å². The van der Waals surface area contributed by atoms with E-state index in [0.29, 0.717) is 24.5 Å². The van der Waals surface area contributed by atoms with Gasteiger partial charge in [-0.1, -0.05) is 12.1 Å². The van der Waals surface area contributed by atoms with Gasteiger partial charge in [-0.15, -0.1) is 0 Å². The van der Waals surface area contributed by atoms with E-state index in [2.05, 4.69) is 4.90 Å². The van der Waals surface area contributed by atoms with Gasteiger partial charge in [0.25, 0.3) is 0 Å². The minimum Gasteiger partial charge on any atom is -0.493 e. The molecule has 5 nitrogen and oxygen atoms in total. The van der Waals surface area contributed by atoms with Gasteiger partial charge in [0.1, 0.15) is 11.6 Å². The number of piperidine rings is 1. The molecule has 1 unspecified atom stereocenters. The van der Waals surface area contributed by atoms with Gasteiger partial charge in [0.05, 0.1) is 12.7 Å². The largest absolute Gasteiger partial charge is 0.493 e. The Kier molecular flexibility index (Phi) is 5.77. The molecule has 0 spiro atoms. The second-order valence-electron chi connectivity index (χ2n) is 8.43. The molecule has 2 fully saturated rings. The number of ether oxygens (including phenoxy) is 4. The highest BCUT2D eigenvalue weighted by atomic mass is 19.1. The third-order valence-corrected chi connectivity index (χ3v) is 6.41. The molecule has 2 saturated heterocycles. The van der Waals surface area contributed by atoms with Gasteiger partial charge in [0, 0.05) is 31.7 Å². The van der Waals surface area contributed by atoms with Crippen LogP contribution in [0.2, 0.25) is 0 Å².